The van der Waals surface area contributed by atoms with Crippen molar-refractivity contribution in [3.8, 4) is 18.0 Å². The van der Waals surface area contributed by atoms with E-state index in [9.17, 15) is 5.11 Å². The zero-order valence-corrected chi connectivity index (χ0v) is 10.9. The average molecular weight is 268 g/mol. The number of hydrogen-bond acceptors (Lipinski definition) is 5. The summed E-state index contributed by atoms with van der Waals surface area (Å²) < 4.78 is 1.58. The smallest absolute Gasteiger partial charge is 0.143 e. The maximum Gasteiger partial charge on any atom is 0.143 e. The molecule has 1 radical (unpaired) electrons. The third kappa shape index (κ3) is 2.36. The Labute approximate surface area is 117 Å². The number of aliphatic hydroxyl groups is 1. The van der Waals surface area contributed by atoms with Gasteiger partial charge in [0.25, 0.3) is 0 Å². The SMILES string of the molecule is C#CC1(O)CCN(c2[c]cc(-n3cnnn3)cc2)CC1. The predicted octanol–water partition coefficient (Wildman–Crippen LogP) is 0.427. The molecule has 1 N–H and O–H groups in total. The number of hydrogen-bond donors (Lipinski definition) is 1. The highest BCUT2D eigenvalue weighted by Crippen LogP contribution is 2.26. The highest BCUT2D eigenvalue weighted by atomic mass is 16.3. The second-order valence-corrected chi connectivity index (χ2v) is 4.85. The van der Waals surface area contributed by atoms with Gasteiger partial charge in [-0.15, -0.1) is 11.5 Å². The Hall–Kier alpha value is -2.39. The van der Waals surface area contributed by atoms with Crippen LogP contribution in [0.4, 0.5) is 5.69 Å². The Morgan fingerprint density at radius 3 is 2.70 bits per heavy atom. The number of terminal acetylenes is 1. The molecule has 0 unspecified atom stereocenters. The first-order valence-electron chi connectivity index (χ1n) is 6.40. The number of aromatic nitrogens is 4. The molecule has 1 saturated heterocycles. The van der Waals surface area contributed by atoms with Gasteiger partial charge >= 0.3 is 0 Å². The molecule has 1 aliphatic heterocycles. The van der Waals surface area contributed by atoms with Crippen LogP contribution in [0, 0.1) is 18.4 Å². The van der Waals surface area contributed by atoms with Crippen molar-refractivity contribution in [1.82, 2.24) is 20.2 Å². The molecule has 1 aromatic heterocycles. The van der Waals surface area contributed by atoms with Crippen LogP contribution in [0.25, 0.3) is 5.69 Å². The van der Waals surface area contributed by atoms with Crippen molar-refractivity contribution in [3.05, 3.63) is 30.6 Å². The zero-order valence-electron chi connectivity index (χ0n) is 10.9. The van der Waals surface area contributed by atoms with E-state index in [1.807, 2.05) is 18.2 Å². The number of rotatable bonds is 2. The highest BCUT2D eigenvalue weighted by Gasteiger charge is 2.30. The molecule has 1 fully saturated rings. The van der Waals surface area contributed by atoms with Gasteiger partial charge in [-0.3, -0.25) is 0 Å². The Kier molecular flexibility index (Phi) is 3.12. The quantitative estimate of drug-likeness (QED) is 0.800. The number of nitrogens with zero attached hydrogens (tertiary/aromatic N) is 5. The normalized spacial score (nSPS) is 17.7. The molecule has 0 saturated carbocycles. The van der Waals surface area contributed by atoms with Gasteiger partial charge in [-0.1, -0.05) is 5.92 Å². The van der Waals surface area contributed by atoms with Gasteiger partial charge in [-0.2, -0.15) is 0 Å². The Bertz CT molecular complexity index is 606. The van der Waals surface area contributed by atoms with Crippen LogP contribution >= 0.6 is 0 Å². The van der Waals surface area contributed by atoms with E-state index in [0.29, 0.717) is 12.8 Å². The lowest BCUT2D eigenvalue weighted by Gasteiger charge is -2.36. The first-order chi connectivity index (χ1) is 9.70. The maximum atomic E-state index is 10.0. The minimum absolute atomic E-state index is 0.575. The summed E-state index contributed by atoms with van der Waals surface area (Å²) in [6.07, 6.45) is 8.04. The van der Waals surface area contributed by atoms with Gasteiger partial charge in [0.1, 0.15) is 11.9 Å². The lowest BCUT2D eigenvalue weighted by molar-refractivity contribution is 0.0748. The number of benzene rings is 1. The van der Waals surface area contributed by atoms with E-state index < -0.39 is 5.60 Å². The third-order valence-electron chi connectivity index (χ3n) is 3.59. The lowest BCUT2D eigenvalue weighted by Crippen LogP contribution is -2.43. The molecule has 1 aromatic carbocycles. The summed E-state index contributed by atoms with van der Waals surface area (Å²) in [4.78, 5) is 2.16. The van der Waals surface area contributed by atoms with Gasteiger partial charge in [0.15, 0.2) is 0 Å². The minimum Gasteiger partial charge on any atom is -0.377 e. The number of anilines is 1. The standard InChI is InChI=1S/C14H14N5O/c1-2-14(20)7-9-18(10-8-14)12-3-5-13(6-4-12)19-11-15-16-17-19/h1,3,5-6,11,20H,7-10H2. The summed E-state index contributed by atoms with van der Waals surface area (Å²) >= 11 is 0. The van der Waals surface area contributed by atoms with E-state index in [0.717, 1.165) is 24.5 Å². The van der Waals surface area contributed by atoms with Crippen LogP contribution in [-0.2, 0) is 0 Å². The van der Waals surface area contributed by atoms with E-state index in [4.69, 9.17) is 6.42 Å². The zero-order chi connectivity index (χ0) is 14.0. The fourth-order valence-corrected chi connectivity index (χ4v) is 2.29. The topological polar surface area (TPSA) is 67.1 Å². The van der Waals surface area contributed by atoms with Gasteiger partial charge in [0.2, 0.25) is 0 Å². The van der Waals surface area contributed by atoms with Gasteiger partial charge in [0, 0.05) is 37.7 Å². The average Bonchev–Trinajstić information content (AvgIpc) is 3.03. The van der Waals surface area contributed by atoms with Crippen molar-refractivity contribution in [2.45, 2.75) is 18.4 Å². The maximum absolute atomic E-state index is 10.0. The van der Waals surface area contributed by atoms with E-state index >= 15 is 0 Å². The summed E-state index contributed by atoms with van der Waals surface area (Å²) in [5.41, 5.74) is 0.889. The molecule has 0 bridgehead atoms. The molecule has 6 heteroatoms. The Morgan fingerprint density at radius 1 is 1.35 bits per heavy atom. The van der Waals surface area contributed by atoms with Crippen molar-refractivity contribution in [2.24, 2.45) is 0 Å². The van der Waals surface area contributed by atoms with E-state index in [1.165, 1.54) is 6.33 Å². The molecule has 3 rings (SSSR count). The monoisotopic (exact) mass is 268 g/mol. The molecule has 0 atom stereocenters. The molecule has 2 heterocycles. The predicted molar refractivity (Wildman–Crippen MR) is 73.2 cm³/mol. The first-order valence-corrected chi connectivity index (χ1v) is 6.40. The molecule has 0 amide bonds. The van der Waals surface area contributed by atoms with E-state index in [2.05, 4.69) is 32.4 Å². The van der Waals surface area contributed by atoms with Gasteiger partial charge in [0.05, 0.1) is 5.69 Å². The van der Waals surface area contributed by atoms with Gasteiger partial charge < -0.3 is 10.0 Å². The summed E-state index contributed by atoms with van der Waals surface area (Å²) in [5, 5.41) is 21.0. The van der Waals surface area contributed by atoms with Crippen molar-refractivity contribution in [3.63, 3.8) is 0 Å². The molecular weight excluding hydrogens is 254 g/mol. The summed E-state index contributed by atoms with van der Waals surface area (Å²) in [7, 11) is 0. The van der Waals surface area contributed by atoms with Crippen molar-refractivity contribution < 1.29 is 5.11 Å². The van der Waals surface area contributed by atoms with E-state index in [1.54, 1.807) is 4.68 Å². The van der Waals surface area contributed by atoms with Crippen LogP contribution in [0.3, 0.4) is 0 Å². The molecule has 2 aromatic rings. The van der Waals surface area contributed by atoms with Crippen LogP contribution < -0.4 is 4.90 Å². The van der Waals surface area contributed by atoms with Crippen LogP contribution in [-0.4, -0.2) is 44.0 Å². The summed E-state index contributed by atoms with van der Waals surface area (Å²) in [6, 6.07) is 8.96. The first kappa shape index (κ1) is 12.6. The van der Waals surface area contributed by atoms with Gasteiger partial charge in [-0.25, -0.2) is 4.68 Å². The number of piperidine rings is 1. The third-order valence-corrected chi connectivity index (χ3v) is 3.59. The van der Waals surface area contributed by atoms with Crippen molar-refractivity contribution in [1.29, 1.82) is 0 Å². The molecule has 6 nitrogen and oxygen atoms in total. The summed E-state index contributed by atoms with van der Waals surface area (Å²) in [6.45, 7) is 1.45. The molecular formula is C14H14N5O. The van der Waals surface area contributed by atoms with E-state index in [-0.39, 0.29) is 0 Å². The van der Waals surface area contributed by atoms with Gasteiger partial charge in [-0.05, 0) is 28.6 Å². The van der Waals surface area contributed by atoms with Crippen LogP contribution in [0.15, 0.2) is 24.5 Å². The number of tetrazole rings is 1. The van der Waals surface area contributed by atoms with Crippen LogP contribution in [0.1, 0.15) is 12.8 Å². The highest BCUT2D eigenvalue weighted by molar-refractivity contribution is 5.50. The van der Waals surface area contributed by atoms with Crippen LogP contribution in [0.2, 0.25) is 0 Å². The molecule has 101 valence electrons. The van der Waals surface area contributed by atoms with Crippen LogP contribution in [0.5, 0.6) is 0 Å². The fraction of sp³-hybridized carbons (Fsp3) is 0.357. The summed E-state index contributed by atoms with van der Waals surface area (Å²) in [5.74, 6) is 2.47. The molecule has 1 aliphatic rings. The molecule has 0 aliphatic carbocycles. The van der Waals surface area contributed by atoms with Crippen molar-refractivity contribution >= 4 is 5.69 Å². The Morgan fingerprint density at radius 2 is 2.15 bits per heavy atom. The van der Waals surface area contributed by atoms with Crippen molar-refractivity contribution in [2.75, 3.05) is 18.0 Å². The minimum atomic E-state index is -0.956. The largest absolute Gasteiger partial charge is 0.377 e. The Balaban J connectivity index is 1.72. The fourth-order valence-electron chi connectivity index (χ4n) is 2.29. The lowest BCUT2D eigenvalue weighted by atomic mass is 9.92. The second kappa shape index (κ2) is 4.94. The molecule has 0 spiro atoms. The molecule has 20 heavy (non-hydrogen) atoms. The second-order valence-electron chi connectivity index (χ2n) is 4.85.